The van der Waals surface area contributed by atoms with Crippen LogP contribution in [0.15, 0.2) is 36.4 Å². The normalized spacial score (nSPS) is 18.1. The summed E-state index contributed by atoms with van der Waals surface area (Å²) in [6, 6.07) is 7.32. The van der Waals surface area contributed by atoms with E-state index in [4.69, 9.17) is 9.47 Å². The van der Waals surface area contributed by atoms with Crippen molar-refractivity contribution < 1.29 is 50.2 Å². The van der Waals surface area contributed by atoms with E-state index in [1.165, 1.54) is 18.2 Å². The fourth-order valence-corrected chi connectivity index (χ4v) is 7.01. The number of rotatable bonds is 5. The van der Waals surface area contributed by atoms with Crippen molar-refractivity contribution in [2.45, 2.75) is 97.3 Å². The summed E-state index contributed by atoms with van der Waals surface area (Å²) in [6.45, 7) is 20.4. The number of piperazine rings is 2. The van der Waals surface area contributed by atoms with Crippen LogP contribution in [0.25, 0.3) is 0 Å². The molecule has 2 amide bonds. The molecule has 330 valence electrons. The van der Waals surface area contributed by atoms with Gasteiger partial charge in [-0.15, -0.1) is 0 Å². The van der Waals surface area contributed by atoms with Crippen molar-refractivity contribution in [3.05, 3.63) is 58.7 Å². The minimum Gasteiger partial charge on any atom is -0.444 e. The Hall–Kier alpha value is -4.25. The number of ether oxygens (including phenoxy) is 2. The molecule has 4 fully saturated rings. The summed E-state index contributed by atoms with van der Waals surface area (Å²) in [4.78, 5) is 44.0. The van der Waals surface area contributed by atoms with E-state index in [2.05, 4.69) is 15.1 Å². The molecule has 59 heavy (non-hydrogen) atoms. The zero-order valence-corrected chi connectivity index (χ0v) is 35.1. The maximum Gasteiger partial charge on any atom is 0.416 e. The lowest BCUT2D eigenvalue weighted by Crippen LogP contribution is -2.49. The first-order valence-corrected chi connectivity index (χ1v) is 20.3. The van der Waals surface area contributed by atoms with Crippen molar-refractivity contribution in [3.63, 3.8) is 0 Å². The molecular formula is C42H60F6N6O5. The maximum absolute atomic E-state index is 13.2. The van der Waals surface area contributed by atoms with Gasteiger partial charge in [-0.05, 0) is 103 Å². The van der Waals surface area contributed by atoms with Crippen molar-refractivity contribution in [1.82, 2.24) is 20.0 Å². The fraction of sp³-hybridized carbons (Fsp3) is 0.643. The van der Waals surface area contributed by atoms with Crippen LogP contribution in [0.2, 0.25) is 0 Å². The maximum atomic E-state index is 13.2. The molecular weight excluding hydrogens is 782 g/mol. The van der Waals surface area contributed by atoms with Gasteiger partial charge in [0.2, 0.25) is 0 Å². The molecule has 4 heterocycles. The SMILES string of the molecule is CC(C)(C)OC(=O)N1CCN(Cc2ccc(C(F)(F)F)cc2N2CCCC2)CC1.CC(C)(C)OC(=O)N1CCNCC1.O=Cc1ccc(C(F)(F)F)cc1N1CCCC1. The van der Waals surface area contributed by atoms with Gasteiger partial charge in [0.15, 0.2) is 6.29 Å². The van der Waals surface area contributed by atoms with Crippen molar-refractivity contribution in [1.29, 1.82) is 0 Å². The number of anilines is 2. The van der Waals surface area contributed by atoms with Gasteiger partial charge in [-0.1, -0.05) is 6.07 Å². The molecule has 1 N–H and O–H groups in total. The first-order chi connectivity index (χ1) is 27.5. The Morgan fingerprint density at radius 3 is 1.47 bits per heavy atom. The summed E-state index contributed by atoms with van der Waals surface area (Å²) in [5.74, 6) is 0. The molecule has 0 atom stereocenters. The van der Waals surface area contributed by atoms with Gasteiger partial charge in [-0.2, -0.15) is 26.3 Å². The Morgan fingerprint density at radius 2 is 1.03 bits per heavy atom. The number of nitrogens with one attached hydrogen (secondary N) is 1. The zero-order chi connectivity index (χ0) is 43.6. The van der Waals surface area contributed by atoms with Gasteiger partial charge in [0.05, 0.1) is 11.1 Å². The van der Waals surface area contributed by atoms with Gasteiger partial charge in [-0.3, -0.25) is 9.69 Å². The number of carbonyl (C=O) groups excluding carboxylic acids is 3. The second kappa shape index (κ2) is 20.3. The van der Waals surface area contributed by atoms with E-state index in [1.807, 2.05) is 46.4 Å². The van der Waals surface area contributed by atoms with Crippen LogP contribution in [0.1, 0.15) is 94.3 Å². The highest BCUT2D eigenvalue weighted by Crippen LogP contribution is 2.36. The lowest BCUT2D eigenvalue weighted by Gasteiger charge is -2.36. The summed E-state index contributed by atoms with van der Waals surface area (Å²) in [6.07, 6.45) is -4.70. The molecule has 0 saturated carbocycles. The van der Waals surface area contributed by atoms with Crippen molar-refractivity contribution in [3.8, 4) is 0 Å². The number of benzene rings is 2. The van der Waals surface area contributed by atoms with Crippen LogP contribution in [0, 0.1) is 0 Å². The molecule has 4 aliphatic heterocycles. The van der Waals surface area contributed by atoms with E-state index in [0.29, 0.717) is 69.0 Å². The number of alkyl halides is 6. The van der Waals surface area contributed by atoms with Gasteiger partial charge >= 0.3 is 24.5 Å². The number of amides is 2. The Kier molecular flexibility index (Phi) is 16.4. The van der Waals surface area contributed by atoms with E-state index in [1.54, 1.807) is 15.9 Å². The van der Waals surface area contributed by atoms with E-state index in [0.717, 1.165) is 82.6 Å². The number of hydrogen-bond donors (Lipinski definition) is 1. The van der Waals surface area contributed by atoms with Gasteiger partial charge in [0.1, 0.15) is 11.2 Å². The third kappa shape index (κ3) is 15.1. The smallest absolute Gasteiger partial charge is 0.416 e. The first kappa shape index (κ1) is 47.4. The summed E-state index contributed by atoms with van der Waals surface area (Å²) < 4.78 is 88.0. The lowest BCUT2D eigenvalue weighted by molar-refractivity contribution is -0.138. The molecule has 0 unspecified atom stereocenters. The number of aldehydes is 1. The van der Waals surface area contributed by atoms with Crippen LogP contribution in [0.4, 0.5) is 47.3 Å². The molecule has 11 nitrogen and oxygen atoms in total. The van der Waals surface area contributed by atoms with Crippen LogP contribution in [0.5, 0.6) is 0 Å². The average molecular weight is 843 g/mol. The number of hydrogen-bond acceptors (Lipinski definition) is 9. The molecule has 17 heteroatoms. The third-order valence-corrected chi connectivity index (χ3v) is 9.98. The molecule has 0 bridgehead atoms. The minimum atomic E-state index is -4.37. The number of nitrogens with zero attached hydrogens (tertiary/aromatic N) is 5. The summed E-state index contributed by atoms with van der Waals surface area (Å²) >= 11 is 0. The van der Waals surface area contributed by atoms with E-state index >= 15 is 0 Å². The molecule has 4 aliphatic rings. The molecule has 2 aromatic rings. The monoisotopic (exact) mass is 842 g/mol. The van der Waals surface area contributed by atoms with Gasteiger partial charge in [0, 0.05) is 102 Å². The van der Waals surface area contributed by atoms with E-state index in [9.17, 15) is 40.7 Å². The van der Waals surface area contributed by atoms with Gasteiger partial charge in [0.25, 0.3) is 0 Å². The third-order valence-electron chi connectivity index (χ3n) is 9.98. The Balaban J connectivity index is 0.000000216. The Labute approximate surface area is 343 Å². The Morgan fingerprint density at radius 1 is 0.610 bits per heavy atom. The van der Waals surface area contributed by atoms with Crippen LogP contribution in [-0.2, 0) is 28.4 Å². The molecule has 0 aromatic heterocycles. The largest absolute Gasteiger partial charge is 0.444 e. The van der Waals surface area contributed by atoms with Crippen molar-refractivity contribution in [2.75, 3.05) is 88.3 Å². The van der Waals surface area contributed by atoms with Crippen LogP contribution in [-0.4, -0.2) is 123 Å². The predicted octanol–water partition coefficient (Wildman–Crippen LogP) is 8.30. The van der Waals surface area contributed by atoms with Gasteiger partial charge < -0.3 is 34.4 Å². The highest BCUT2D eigenvalue weighted by atomic mass is 19.4. The Bertz CT molecular complexity index is 1680. The standard InChI is InChI=1S/C21H30F3N3O2.C12H12F3NO.C9H18N2O2/c1-20(2,3)29-19(28)27-12-10-25(11-13-27)15-16-6-7-17(21(22,23)24)14-18(16)26-8-4-5-9-26;13-12(14,15)10-4-3-9(8-17)11(7-10)16-5-1-2-6-16;1-9(2,3)13-8(12)11-6-4-10-5-7-11/h6-7,14H,4-5,8-13,15H2,1-3H3;3-4,7-8H,1-2,5-6H2;10H,4-7H2,1-3H3. The first-order valence-electron chi connectivity index (χ1n) is 20.3. The summed E-state index contributed by atoms with van der Waals surface area (Å²) in [5.41, 5.74) is 0.0914. The molecule has 4 saturated heterocycles. The zero-order valence-electron chi connectivity index (χ0n) is 35.1. The van der Waals surface area contributed by atoms with Crippen LogP contribution < -0.4 is 15.1 Å². The van der Waals surface area contributed by atoms with Crippen molar-refractivity contribution in [2.24, 2.45) is 0 Å². The molecule has 6 rings (SSSR count). The fourth-order valence-electron chi connectivity index (χ4n) is 7.01. The number of carbonyl (C=O) groups is 3. The highest BCUT2D eigenvalue weighted by Gasteiger charge is 2.34. The quantitative estimate of drug-likeness (QED) is 0.236. The molecule has 0 radical (unpaired) electrons. The molecule has 2 aromatic carbocycles. The number of halogens is 6. The van der Waals surface area contributed by atoms with E-state index < -0.39 is 29.1 Å². The minimum absolute atomic E-state index is 0.200. The second-order valence-corrected chi connectivity index (χ2v) is 17.1. The predicted molar refractivity (Wildman–Crippen MR) is 215 cm³/mol. The van der Waals surface area contributed by atoms with Crippen molar-refractivity contribution >= 4 is 29.8 Å². The topological polar surface area (TPSA) is 97.9 Å². The van der Waals surface area contributed by atoms with Crippen LogP contribution in [0.3, 0.4) is 0 Å². The van der Waals surface area contributed by atoms with Gasteiger partial charge in [-0.25, -0.2) is 9.59 Å². The second-order valence-electron chi connectivity index (χ2n) is 17.1. The van der Waals surface area contributed by atoms with Crippen LogP contribution >= 0.6 is 0 Å². The van der Waals surface area contributed by atoms with E-state index in [-0.39, 0.29) is 17.8 Å². The molecule has 0 spiro atoms. The molecule has 0 aliphatic carbocycles. The highest BCUT2D eigenvalue weighted by molar-refractivity contribution is 5.85. The summed E-state index contributed by atoms with van der Waals surface area (Å²) in [5, 5.41) is 3.18. The summed E-state index contributed by atoms with van der Waals surface area (Å²) in [7, 11) is 0. The average Bonchev–Trinajstić information content (AvgIpc) is 3.90. The lowest BCUT2D eigenvalue weighted by atomic mass is 10.1.